The first kappa shape index (κ1) is 12.3. The molecule has 0 atom stereocenters. The maximum Gasteiger partial charge on any atom is 0.112 e. The van der Waals surface area contributed by atoms with E-state index in [9.17, 15) is 0 Å². The summed E-state index contributed by atoms with van der Waals surface area (Å²) in [6.45, 7) is 13.4. The second-order valence-electron chi connectivity index (χ2n) is 5.61. The lowest BCUT2D eigenvalue weighted by Gasteiger charge is -2.21. The van der Waals surface area contributed by atoms with Crippen LogP contribution in [0.5, 0.6) is 0 Å². The minimum atomic E-state index is 0.155. The first-order valence-corrected chi connectivity index (χ1v) is 5.90. The van der Waals surface area contributed by atoms with Gasteiger partial charge in [0, 0.05) is 17.0 Å². The van der Waals surface area contributed by atoms with Crippen molar-refractivity contribution in [1.82, 2.24) is 9.97 Å². The van der Waals surface area contributed by atoms with Crippen LogP contribution in [0.25, 0.3) is 0 Å². The number of aromatic amines is 1. The fraction of sp³-hybridized carbons (Fsp3) is 0.769. The molecule has 0 saturated heterocycles. The van der Waals surface area contributed by atoms with Crippen molar-refractivity contribution in [2.75, 3.05) is 0 Å². The smallest absolute Gasteiger partial charge is 0.112 e. The molecule has 0 aliphatic rings. The maximum absolute atomic E-state index is 4.74. The van der Waals surface area contributed by atoms with Gasteiger partial charge in [-0.25, -0.2) is 4.98 Å². The molecule has 2 heteroatoms. The van der Waals surface area contributed by atoms with E-state index in [0.29, 0.717) is 0 Å². The quantitative estimate of drug-likeness (QED) is 0.801. The van der Waals surface area contributed by atoms with E-state index in [0.717, 1.165) is 18.7 Å². The zero-order chi connectivity index (χ0) is 11.7. The van der Waals surface area contributed by atoms with Crippen LogP contribution in [-0.2, 0) is 10.8 Å². The monoisotopic (exact) mass is 208 g/mol. The second kappa shape index (κ2) is 3.99. The molecular weight excluding hydrogens is 184 g/mol. The van der Waals surface area contributed by atoms with Crippen LogP contribution in [0.3, 0.4) is 0 Å². The van der Waals surface area contributed by atoms with Crippen molar-refractivity contribution < 1.29 is 0 Å². The Hall–Kier alpha value is -0.790. The van der Waals surface area contributed by atoms with Gasteiger partial charge in [-0.05, 0) is 12.8 Å². The van der Waals surface area contributed by atoms with Gasteiger partial charge in [0.1, 0.15) is 5.82 Å². The Balaban J connectivity index is 3.00. The van der Waals surface area contributed by atoms with Gasteiger partial charge in [-0.1, -0.05) is 41.5 Å². The van der Waals surface area contributed by atoms with Crippen LogP contribution >= 0.6 is 0 Å². The molecule has 0 aliphatic carbocycles. The van der Waals surface area contributed by atoms with E-state index < -0.39 is 0 Å². The third-order valence-electron chi connectivity index (χ3n) is 3.68. The molecule has 2 nitrogen and oxygen atoms in total. The van der Waals surface area contributed by atoms with Crippen molar-refractivity contribution >= 4 is 0 Å². The van der Waals surface area contributed by atoms with Gasteiger partial charge in [0.25, 0.3) is 0 Å². The Kier molecular flexibility index (Phi) is 3.27. The number of hydrogen-bond acceptors (Lipinski definition) is 1. The predicted octanol–water partition coefficient (Wildman–Crippen LogP) is 3.78. The summed E-state index contributed by atoms with van der Waals surface area (Å²) in [7, 11) is 0. The number of rotatable bonds is 4. The summed E-state index contributed by atoms with van der Waals surface area (Å²) in [4.78, 5) is 8.07. The molecule has 0 saturated carbocycles. The van der Waals surface area contributed by atoms with Crippen LogP contribution in [0.2, 0.25) is 0 Å². The minimum Gasteiger partial charge on any atom is -0.348 e. The van der Waals surface area contributed by atoms with Crippen molar-refractivity contribution in [3.05, 3.63) is 17.7 Å². The van der Waals surface area contributed by atoms with E-state index in [1.54, 1.807) is 0 Å². The summed E-state index contributed by atoms with van der Waals surface area (Å²) >= 11 is 0. The van der Waals surface area contributed by atoms with Gasteiger partial charge in [-0.2, -0.15) is 0 Å². The van der Waals surface area contributed by atoms with Crippen LogP contribution in [-0.4, -0.2) is 9.97 Å². The molecule has 0 bridgehead atoms. The molecule has 0 unspecified atom stereocenters. The molecule has 1 N–H and O–H groups in total. The van der Waals surface area contributed by atoms with Gasteiger partial charge in [-0.3, -0.25) is 0 Å². The van der Waals surface area contributed by atoms with Crippen LogP contribution in [0.15, 0.2) is 6.20 Å². The molecule has 1 aromatic heterocycles. The first-order valence-electron chi connectivity index (χ1n) is 5.90. The van der Waals surface area contributed by atoms with E-state index in [2.05, 4.69) is 52.7 Å². The number of imidazole rings is 1. The lowest BCUT2D eigenvalue weighted by molar-refractivity contribution is 0.463. The van der Waals surface area contributed by atoms with Gasteiger partial charge in [0.15, 0.2) is 0 Å². The van der Waals surface area contributed by atoms with Gasteiger partial charge < -0.3 is 4.98 Å². The molecule has 1 aromatic rings. The SMILES string of the molecule is CCC(C)(C)c1c[nH]c(C(C)(C)CC)n1. The first-order chi connectivity index (χ1) is 6.83. The van der Waals surface area contributed by atoms with Crippen LogP contribution in [0.1, 0.15) is 65.9 Å². The summed E-state index contributed by atoms with van der Waals surface area (Å²) in [5, 5.41) is 0. The molecule has 0 radical (unpaired) electrons. The highest BCUT2D eigenvalue weighted by Crippen LogP contribution is 2.29. The molecule has 0 aliphatic heterocycles. The molecule has 0 aromatic carbocycles. The van der Waals surface area contributed by atoms with E-state index in [4.69, 9.17) is 4.98 Å². The second-order valence-corrected chi connectivity index (χ2v) is 5.61. The average Bonchev–Trinajstić information content (AvgIpc) is 2.67. The Morgan fingerprint density at radius 1 is 1.07 bits per heavy atom. The summed E-state index contributed by atoms with van der Waals surface area (Å²) in [5.41, 5.74) is 1.52. The molecule has 1 heterocycles. The Morgan fingerprint density at radius 3 is 2.07 bits per heavy atom. The van der Waals surface area contributed by atoms with E-state index in [-0.39, 0.29) is 10.8 Å². The summed E-state index contributed by atoms with van der Waals surface area (Å²) in [6, 6.07) is 0. The molecule has 86 valence electrons. The summed E-state index contributed by atoms with van der Waals surface area (Å²) < 4.78 is 0. The van der Waals surface area contributed by atoms with E-state index >= 15 is 0 Å². The Bertz CT molecular complexity index is 291. The number of aromatic nitrogens is 2. The highest BCUT2D eigenvalue weighted by molar-refractivity contribution is 5.16. The zero-order valence-electron chi connectivity index (χ0n) is 10.9. The van der Waals surface area contributed by atoms with E-state index in [1.165, 1.54) is 5.69 Å². The third kappa shape index (κ3) is 2.42. The topological polar surface area (TPSA) is 28.7 Å². The average molecular weight is 208 g/mol. The number of hydrogen-bond donors (Lipinski definition) is 1. The maximum atomic E-state index is 4.74. The highest BCUT2D eigenvalue weighted by atomic mass is 14.9. The van der Waals surface area contributed by atoms with Crippen molar-refractivity contribution in [2.24, 2.45) is 0 Å². The van der Waals surface area contributed by atoms with Crippen LogP contribution < -0.4 is 0 Å². The lowest BCUT2D eigenvalue weighted by atomic mass is 9.86. The molecule has 0 spiro atoms. The number of nitrogens with zero attached hydrogens (tertiary/aromatic N) is 1. The highest BCUT2D eigenvalue weighted by Gasteiger charge is 2.26. The molecule has 0 amide bonds. The van der Waals surface area contributed by atoms with Crippen molar-refractivity contribution in [1.29, 1.82) is 0 Å². The molecular formula is C13H24N2. The van der Waals surface area contributed by atoms with Gasteiger partial charge in [0.05, 0.1) is 5.69 Å². The van der Waals surface area contributed by atoms with Crippen LogP contribution in [0.4, 0.5) is 0 Å². The number of nitrogens with one attached hydrogen (secondary N) is 1. The van der Waals surface area contributed by atoms with Gasteiger partial charge >= 0.3 is 0 Å². The van der Waals surface area contributed by atoms with Gasteiger partial charge in [-0.15, -0.1) is 0 Å². The van der Waals surface area contributed by atoms with Crippen LogP contribution in [0, 0.1) is 0 Å². The summed E-state index contributed by atoms with van der Waals surface area (Å²) in [6.07, 6.45) is 4.28. The minimum absolute atomic E-state index is 0.155. The normalized spacial score (nSPS) is 13.2. The Labute approximate surface area is 93.5 Å². The van der Waals surface area contributed by atoms with Crippen molar-refractivity contribution in [2.45, 2.75) is 65.2 Å². The standard InChI is InChI=1S/C13H24N2/c1-7-12(3,4)10-9-14-11(15-10)13(5,6)8-2/h9H,7-8H2,1-6H3,(H,14,15). The lowest BCUT2D eigenvalue weighted by Crippen LogP contribution is -2.19. The largest absolute Gasteiger partial charge is 0.348 e. The molecule has 0 fully saturated rings. The predicted molar refractivity (Wildman–Crippen MR) is 65.2 cm³/mol. The van der Waals surface area contributed by atoms with Crippen molar-refractivity contribution in [3.8, 4) is 0 Å². The number of H-pyrrole nitrogens is 1. The van der Waals surface area contributed by atoms with Gasteiger partial charge in [0.2, 0.25) is 0 Å². The summed E-state index contributed by atoms with van der Waals surface area (Å²) in [5.74, 6) is 1.11. The zero-order valence-corrected chi connectivity index (χ0v) is 10.9. The fourth-order valence-corrected chi connectivity index (χ4v) is 1.36. The fourth-order valence-electron chi connectivity index (χ4n) is 1.36. The Morgan fingerprint density at radius 2 is 1.60 bits per heavy atom. The van der Waals surface area contributed by atoms with E-state index in [1.807, 2.05) is 0 Å². The molecule has 15 heavy (non-hydrogen) atoms. The molecule has 1 rings (SSSR count). The van der Waals surface area contributed by atoms with Crippen molar-refractivity contribution in [3.63, 3.8) is 0 Å². The third-order valence-corrected chi connectivity index (χ3v) is 3.68.